The van der Waals surface area contributed by atoms with E-state index >= 15 is 0 Å². The summed E-state index contributed by atoms with van der Waals surface area (Å²) in [6.45, 7) is 14.7. The number of rotatable bonds is 9. The Bertz CT molecular complexity index is 1260. The van der Waals surface area contributed by atoms with Gasteiger partial charge < -0.3 is 14.4 Å². The van der Waals surface area contributed by atoms with Crippen molar-refractivity contribution >= 4 is 31.0 Å². The summed E-state index contributed by atoms with van der Waals surface area (Å²) in [6.07, 6.45) is -3.24. The summed E-state index contributed by atoms with van der Waals surface area (Å²) in [4.78, 5) is 22.7. The Morgan fingerprint density at radius 3 is 2.17 bits per heavy atom. The molecular weight excluding hydrogens is 580 g/mol. The van der Waals surface area contributed by atoms with Gasteiger partial charge in [0.1, 0.15) is 25.3 Å². The molecular formula is C31H44F3N3O3SSi. The lowest BCUT2D eigenvalue weighted by molar-refractivity contribution is -0.148. The zero-order valence-corrected chi connectivity index (χ0v) is 28.0. The lowest BCUT2D eigenvalue weighted by atomic mass is 10.0. The van der Waals surface area contributed by atoms with Gasteiger partial charge in [-0.1, -0.05) is 41.5 Å². The smallest absolute Gasteiger partial charge is 0.401 e. The highest BCUT2D eigenvalue weighted by Gasteiger charge is 2.42. The number of benzene rings is 1. The molecule has 3 rings (SSSR count). The van der Waals surface area contributed by atoms with E-state index in [9.17, 15) is 18.0 Å². The van der Waals surface area contributed by atoms with Crippen LogP contribution in [-0.4, -0.2) is 69.9 Å². The summed E-state index contributed by atoms with van der Waals surface area (Å²) >= 11 is 1.38. The van der Waals surface area contributed by atoms with E-state index in [4.69, 9.17) is 14.5 Å². The molecule has 42 heavy (non-hydrogen) atoms. The van der Waals surface area contributed by atoms with Crippen molar-refractivity contribution in [3.8, 4) is 23.0 Å². The number of carbonyl (C=O) groups is 1. The molecule has 0 saturated carbocycles. The summed E-state index contributed by atoms with van der Waals surface area (Å²) in [5.74, 6) is 3.93. The van der Waals surface area contributed by atoms with Gasteiger partial charge in [-0.3, -0.25) is 9.69 Å². The lowest BCUT2D eigenvalue weighted by Gasteiger charge is -2.39. The first-order valence-corrected chi connectivity index (χ1v) is 17.5. The number of ether oxygens (including phenoxy) is 2. The van der Waals surface area contributed by atoms with Gasteiger partial charge in [0.15, 0.2) is 5.01 Å². The molecule has 0 N–H and O–H groups in total. The van der Waals surface area contributed by atoms with E-state index in [1.165, 1.54) is 30.5 Å². The molecule has 1 aromatic heterocycles. The number of carbonyl (C=O) groups excluding carboxylic acids is 1. The number of likely N-dealkylation sites (tertiary alicyclic amines) is 1. The second-order valence-corrected chi connectivity index (χ2v) is 18.7. The van der Waals surface area contributed by atoms with Crippen LogP contribution in [0.1, 0.15) is 74.8 Å². The monoisotopic (exact) mass is 623 g/mol. The van der Waals surface area contributed by atoms with Crippen LogP contribution >= 0.6 is 11.3 Å². The van der Waals surface area contributed by atoms with Gasteiger partial charge in [0.05, 0.1) is 32.5 Å². The molecule has 0 aliphatic carbocycles. The summed E-state index contributed by atoms with van der Waals surface area (Å²) < 4.78 is 50.8. The second-order valence-electron chi connectivity index (χ2n) is 12.0. The quantitative estimate of drug-likeness (QED) is 0.212. The van der Waals surface area contributed by atoms with Crippen molar-refractivity contribution in [2.75, 3.05) is 38.8 Å². The number of aromatic nitrogens is 1. The number of thiazole rings is 1. The Morgan fingerprint density at radius 2 is 1.67 bits per heavy atom. The van der Waals surface area contributed by atoms with Gasteiger partial charge in [-0.25, -0.2) is 4.98 Å². The molecule has 2 aromatic rings. The standard InChI is InChI=1S/C31H44F3N3O3SSi/c1-20(2)42(21(3)4,22(5)6)14-12-28-35-29(23(7)41-28)30(38)37(25-15-26(39-8)17-27(16-25)40-9)24-11-10-13-36(18-24)19-31(32,33)34/h15-17,20-22,24H,10-11,13,18-19H2,1-9H3/t24-/m1/s1. The maximum Gasteiger partial charge on any atom is 0.401 e. The molecule has 0 bridgehead atoms. The Balaban J connectivity index is 2.08. The predicted molar refractivity (Wildman–Crippen MR) is 167 cm³/mol. The average molecular weight is 624 g/mol. The molecule has 1 saturated heterocycles. The van der Waals surface area contributed by atoms with Crippen molar-refractivity contribution in [1.29, 1.82) is 0 Å². The van der Waals surface area contributed by atoms with Crippen molar-refractivity contribution in [2.24, 2.45) is 0 Å². The molecule has 11 heteroatoms. The van der Waals surface area contributed by atoms with Gasteiger partial charge >= 0.3 is 6.18 Å². The molecule has 0 unspecified atom stereocenters. The van der Waals surface area contributed by atoms with Crippen LogP contribution < -0.4 is 14.4 Å². The molecule has 1 atom stereocenters. The van der Waals surface area contributed by atoms with E-state index in [2.05, 4.69) is 53.0 Å². The normalized spacial score (nSPS) is 16.5. The van der Waals surface area contributed by atoms with Gasteiger partial charge in [0.2, 0.25) is 0 Å². The van der Waals surface area contributed by atoms with Crippen molar-refractivity contribution in [1.82, 2.24) is 9.88 Å². The van der Waals surface area contributed by atoms with Crippen LogP contribution in [0.3, 0.4) is 0 Å². The Labute approximate surface area is 253 Å². The summed E-state index contributed by atoms with van der Waals surface area (Å²) in [6, 6.07) is 4.61. The largest absolute Gasteiger partial charge is 0.497 e. The van der Waals surface area contributed by atoms with E-state index in [0.29, 0.717) is 58.2 Å². The fourth-order valence-corrected chi connectivity index (χ4v) is 12.5. The number of alkyl halides is 3. The first-order chi connectivity index (χ1) is 19.6. The average Bonchev–Trinajstić information content (AvgIpc) is 3.27. The van der Waals surface area contributed by atoms with E-state index in [-0.39, 0.29) is 18.1 Å². The van der Waals surface area contributed by atoms with Crippen LogP contribution in [0, 0.1) is 18.4 Å². The van der Waals surface area contributed by atoms with Gasteiger partial charge in [-0.15, -0.1) is 16.9 Å². The molecule has 2 heterocycles. The summed E-state index contributed by atoms with van der Waals surface area (Å²) in [7, 11) is 1.02. The van der Waals surface area contributed by atoms with Crippen LogP contribution in [0.2, 0.25) is 16.6 Å². The minimum absolute atomic E-state index is 0.0892. The molecule has 232 valence electrons. The number of hydrogen-bond acceptors (Lipinski definition) is 6. The number of amides is 1. The summed E-state index contributed by atoms with van der Waals surface area (Å²) in [5.41, 5.74) is 5.80. The van der Waals surface area contributed by atoms with Crippen LogP contribution in [0.4, 0.5) is 18.9 Å². The number of nitrogens with zero attached hydrogens (tertiary/aromatic N) is 3. The van der Waals surface area contributed by atoms with Crippen molar-refractivity contribution in [3.63, 3.8) is 0 Å². The molecule has 0 radical (unpaired) electrons. The van der Waals surface area contributed by atoms with E-state index in [1.807, 2.05) is 6.92 Å². The maximum absolute atomic E-state index is 14.3. The third-order valence-corrected chi connectivity index (χ3v) is 15.5. The van der Waals surface area contributed by atoms with E-state index in [1.54, 1.807) is 23.1 Å². The van der Waals surface area contributed by atoms with E-state index < -0.39 is 26.8 Å². The van der Waals surface area contributed by atoms with Gasteiger partial charge in [0, 0.05) is 29.6 Å². The number of halogens is 3. The van der Waals surface area contributed by atoms with Crippen LogP contribution in [-0.2, 0) is 0 Å². The lowest BCUT2D eigenvalue weighted by Crippen LogP contribution is -2.52. The van der Waals surface area contributed by atoms with Crippen molar-refractivity contribution in [3.05, 3.63) is 33.8 Å². The topological polar surface area (TPSA) is 54.9 Å². The first kappa shape index (κ1) is 33.9. The Morgan fingerprint density at radius 1 is 1.10 bits per heavy atom. The van der Waals surface area contributed by atoms with Crippen molar-refractivity contribution in [2.45, 2.75) is 90.1 Å². The van der Waals surface area contributed by atoms with Crippen LogP contribution in [0.15, 0.2) is 18.2 Å². The number of anilines is 1. The highest BCUT2D eigenvalue weighted by Crippen LogP contribution is 2.41. The zero-order valence-electron chi connectivity index (χ0n) is 26.2. The number of methoxy groups -OCH3 is 2. The fourth-order valence-electron chi connectivity index (χ4n) is 6.42. The fraction of sp³-hybridized carbons (Fsp3) is 0.613. The Hall–Kier alpha value is -2.55. The van der Waals surface area contributed by atoms with Gasteiger partial charge in [0.25, 0.3) is 5.91 Å². The molecule has 1 aromatic carbocycles. The van der Waals surface area contributed by atoms with Gasteiger partial charge in [-0.2, -0.15) is 13.2 Å². The van der Waals surface area contributed by atoms with E-state index in [0.717, 1.165) is 4.88 Å². The minimum atomic E-state index is -4.32. The van der Waals surface area contributed by atoms with Gasteiger partial charge in [-0.05, 0) is 48.9 Å². The van der Waals surface area contributed by atoms with Crippen molar-refractivity contribution < 1.29 is 27.4 Å². The molecule has 1 aliphatic heterocycles. The summed E-state index contributed by atoms with van der Waals surface area (Å²) in [5, 5.41) is 0.584. The molecule has 6 nitrogen and oxygen atoms in total. The molecule has 0 spiro atoms. The zero-order chi connectivity index (χ0) is 31.4. The third kappa shape index (κ3) is 7.69. The minimum Gasteiger partial charge on any atom is -0.497 e. The third-order valence-electron chi connectivity index (χ3n) is 8.33. The highest BCUT2D eigenvalue weighted by molar-refractivity contribution is 7.12. The van der Waals surface area contributed by atoms with Crippen LogP contribution in [0.5, 0.6) is 11.5 Å². The Kier molecular flexibility index (Phi) is 11.2. The van der Waals surface area contributed by atoms with Crippen LogP contribution in [0.25, 0.3) is 0 Å². The SMILES string of the molecule is COc1cc(OC)cc(N(C(=O)c2nc(C#C[Si](C(C)C)(C(C)C)C(C)C)sc2C)[C@@H]2CCCN(CC(F)(F)F)C2)c1. The maximum atomic E-state index is 14.3. The first-order valence-electron chi connectivity index (χ1n) is 14.5. The predicted octanol–water partition coefficient (Wildman–Crippen LogP) is 7.71. The highest BCUT2D eigenvalue weighted by atomic mass is 32.1. The second kappa shape index (κ2) is 13.8. The number of hydrogen-bond donors (Lipinski definition) is 0. The molecule has 1 aliphatic rings. The molecule has 1 fully saturated rings. The number of piperidine rings is 1. The number of aryl methyl sites for hydroxylation is 1. The molecule has 1 amide bonds.